The number of carbonyl (C=O) groups is 2. The zero-order valence-electron chi connectivity index (χ0n) is 13.4. The zero-order chi connectivity index (χ0) is 17.4. The largest absolute Gasteiger partial charge is 0.322 e. The van der Waals surface area contributed by atoms with Crippen LogP contribution in [-0.2, 0) is 0 Å². The fourth-order valence-electron chi connectivity index (χ4n) is 2.35. The monoisotopic (exact) mass is 341 g/mol. The van der Waals surface area contributed by atoms with E-state index in [0.717, 1.165) is 10.6 Å². The van der Waals surface area contributed by atoms with Crippen molar-refractivity contribution < 1.29 is 9.59 Å². The van der Waals surface area contributed by atoms with Crippen LogP contribution in [0, 0.1) is 13.8 Å². The lowest BCUT2D eigenvalue weighted by molar-refractivity contribution is 0.101. The quantitative estimate of drug-likeness (QED) is 0.743. The van der Waals surface area contributed by atoms with Crippen molar-refractivity contribution in [2.45, 2.75) is 20.8 Å². The molecule has 0 bridgehead atoms. The molecule has 0 saturated heterocycles. The Kier molecular flexibility index (Phi) is 4.02. The number of aromatic nitrogens is 2. The molecule has 1 amide bonds. The summed E-state index contributed by atoms with van der Waals surface area (Å²) >= 11 is 1.41. The normalized spacial score (nSPS) is 10.8. The summed E-state index contributed by atoms with van der Waals surface area (Å²) in [5.74, 6) is -0.649. The molecule has 1 N–H and O–H groups in total. The second kappa shape index (κ2) is 6.01. The van der Waals surface area contributed by atoms with Gasteiger partial charge in [-0.2, -0.15) is 0 Å². The van der Waals surface area contributed by atoms with Crippen LogP contribution in [0.2, 0.25) is 0 Å². The van der Waals surface area contributed by atoms with Crippen LogP contribution in [-0.4, -0.2) is 21.1 Å². The van der Waals surface area contributed by atoms with Gasteiger partial charge in [-0.05, 0) is 32.9 Å². The highest BCUT2D eigenvalue weighted by molar-refractivity contribution is 7.17. The molecular weight excluding hydrogens is 326 g/mol. The molecule has 0 aliphatic carbocycles. The molecule has 2 aromatic heterocycles. The van der Waals surface area contributed by atoms with Gasteiger partial charge in [0.2, 0.25) is 0 Å². The van der Waals surface area contributed by atoms with E-state index in [9.17, 15) is 14.4 Å². The van der Waals surface area contributed by atoms with E-state index in [-0.39, 0.29) is 11.3 Å². The van der Waals surface area contributed by atoms with Gasteiger partial charge in [-0.15, -0.1) is 11.3 Å². The first-order chi connectivity index (χ1) is 11.4. The third-order valence-electron chi connectivity index (χ3n) is 3.79. The summed E-state index contributed by atoms with van der Waals surface area (Å²) in [6.07, 6.45) is 1.29. The number of rotatable bonds is 3. The van der Waals surface area contributed by atoms with Crippen molar-refractivity contribution in [3.05, 3.63) is 62.5 Å². The minimum Gasteiger partial charge on any atom is -0.322 e. The number of benzene rings is 1. The Labute approximate surface area is 141 Å². The number of nitrogens with zero attached hydrogens (tertiary/aromatic N) is 2. The molecule has 2 heterocycles. The summed E-state index contributed by atoms with van der Waals surface area (Å²) in [6.45, 7) is 5.17. The van der Waals surface area contributed by atoms with Gasteiger partial charge in [0.05, 0.1) is 0 Å². The van der Waals surface area contributed by atoms with Crippen molar-refractivity contribution in [1.29, 1.82) is 0 Å². The molecule has 0 radical (unpaired) electrons. The van der Waals surface area contributed by atoms with E-state index in [4.69, 9.17) is 0 Å². The van der Waals surface area contributed by atoms with E-state index in [1.165, 1.54) is 28.9 Å². The van der Waals surface area contributed by atoms with Crippen LogP contribution in [0.4, 0.5) is 5.69 Å². The minimum absolute atomic E-state index is 0.0402. The van der Waals surface area contributed by atoms with E-state index in [1.807, 2.05) is 13.8 Å². The Morgan fingerprint density at radius 3 is 2.71 bits per heavy atom. The predicted molar refractivity (Wildman–Crippen MR) is 93.2 cm³/mol. The second-order valence-corrected chi connectivity index (χ2v) is 6.61. The molecular formula is C17H15N3O3S. The molecule has 0 aliphatic heterocycles. The van der Waals surface area contributed by atoms with Gasteiger partial charge in [-0.25, -0.2) is 4.98 Å². The Morgan fingerprint density at radius 2 is 2.00 bits per heavy atom. The van der Waals surface area contributed by atoms with E-state index in [2.05, 4.69) is 10.3 Å². The Morgan fingerprint density at radius 1 is 1.25 bits per heavy atom. The maximum Gasteiger partial charge on any atom is 0.271 e. The van der Waals surface area contributed by atoms with E-state index in [0.29, 0.717) is 16.2 Å². The van der Waals surface area contributed by atoms with Crippen molar-refractivity contribution in [3.8, 4) is 0 Å². The van der Waals surface area contributed by atoms with Crippen LogP contribution >= 0.6 is 11.3 Å². The fourth-order valence-corrected chi connectivity index (χ4v) is 3.28. The van der Waals surface area contributed by atoms with Crippen LogP contribution < -0.4 is 10.9 Å². The summed E-state index contributed by atoms with van der Waals surface area (Å²) < 4.78 is 1.45. The molecule has 6 nitrogen and oxygen atoms in total. The van der Waals surface area contributed by atoms with Crippen LogP contribution in [0.1, 0.15) is 38.2 Å². The lowest BCUT2D eigenvalue weighted by Crippen LogP contribution is -2.26. The standard InChI is InChI=1S/C17H15N3O3S/c1-9-11(3)24-17-18-8-14(16(23)20(9)17)15(22)19-13-6-4-5-12(7-13)10(2)21/h4-8H,1-3H3,(H,19,22). The van der Waals surface area contributed by atoms with Gasteiger partial charge in [0.25, 0.3) is 11.5 Å². The molecule has 7 heteroatoms. The maximum atomic E-state index is 12.6. The number of aryl methyl sites for hydroxylation is 2. The number of amides is 1. The topological polar surface area (TPSA) is 80.5 Å². The van der Waals surface area contributed by atoms with Crippen LogP contribution in [0.15, 0.2) is 35.3 Å². The molecule has 0 saturated carbocycles. The third-order valence-corrected chi connectivity index (χ3v) is 4.86. The molecule has 1 aromatic carbocycles. The van der Waals surface area contributed by atoms with Gasteiger partial charge in [-0.3, -0.25) is 18.8 Å². The number of hydrogen-bond donors (Lipinski definition) is 1. The molecule has 0 fully saturated rings. The average molecular weight is 341 g/mol. The summed E-state index contributed by atoms with van der Waals surface area (Å²) in [5.41, 5.74) is 1.28. The SMILES string of the molecule is CC(=O)c1cccc(NC(=O)c2cnc3sc(C)c(C)n3c2=O)c1. The zero-order valence-corrected chi connectivity index (χ0v) is 14.2. The first kappa shape index (κ1) is 16.1. The molecule has 0 aliphatic rings. The first-order valence-electron chi connectivity index (χ1n) is 7.28. The van der Waals surface area contributed by atoms with Crippen molar-refractivity contribution in [1.82, 2.24) is 9.38 Å². The van der Waals surface area contributed by atoms with Crippen LogP contribution in [0.3, 0.4) is 0 Å². The van der Waals surface area contributed by atoms with Gasteiger partial charge in [0.15, 0.2) is 10.7 Å². The molecule has 0 spiro atoms. The Balaban J connectivity index is 1.99. The Bertz CT molecular complexity index is 1030. The summed E-state index contributed by atoms with van der Waals surface area (Å²) in [5, 5.41) is 2.64. The van der Waals surface area contributed by atoms with Crippen molar-refractivity contribution in [2.24, 2.45) is 0 Å². The summed E-state index contributed by atoms with van der Waals surface area (Å²) in [4.78, 5) is 42.2. The van der Waals surface area contributed by atoms with E-state index in [1.54, 1.807) is 24.3 Å². The highest BCUT2D eigenvalue weighted by Crippen LogP contribution is 2.18. The van der Waals surface area contributed by atoms with Crippen LogP contribution in [0.5, 0.6) is 0 Å². The number of thiazole rings is 1. The van der Waals surface area contributed by atoms with E-state index < -0.39 is 11.5 Å². The first-order valence-corrected chi connectivity index (χ1v) is 8.10. The number of ketones is 1. The fraction of sp³-hybridized carbons (Fsp3) is 0.176. The number of anilines is 1. The molecule has 0 unspecified atom stereocenters. The van der Waals surface area contributed by atoms with Gasteiger partial charge < -0.3 is 5.32 Å². The van der Waals surface area contributed by atoms with Crippen molar-refractivity contribution in [3.63, 3.8) is 0 Å². The molecule has 3 rings (SSSR count). The lowest BCUT2D eigenvalue weighted by atomic mass is 10.1. The molecule has 122 valence electrons. The average Bonchev–Trinajstić information content (AvgIpc) is 2.83. The summed E-state index contributed by atoms with van der Waals surface area (Å²) in [7, 11) is 0. The minimum atomic E-state index is -0.550. The highest BCUT2D eigenvalue weighted by atomic mass is 32.1. The Hall–Kier alpha value is -2.80. The van der Waals surface area contributed by atoms with Crippen molar-refractivity contribution in [2.75, 3.05) is 5.32 Å². The maximum absolute atomic E-state index is 12.6. The summed E-state index contributed by atoms with van der Waals surface area (Å²) in [6, 6.07) is 6.57. The van der Waals surface area contributed by atoms with E-state index >= 15 is 0 Å². The highest BCUT2D eigenvalue weighted by Gasteiger charge is 2.17. The predicted octanol–water partition coefficient (Wildman–Crippen LogP) is 2.83. The van der Waals surface area contributed by atoms with Gasteiger partial charge >= 0.3 is 0 Å². The molecule has 24 heavy (non-hydrogen) atoms. The van der Waals surface area contributed by atoms with Crippen molar-refractivity contribution >= 4 is 33.7 Å². The van der Waals surface area contributed by atoms with Gasteiger partial charge in [0, 0.05) is 28.0 Å². The lowest BCUT2D eigenvalue weighted by Gasteiger charge is -2.06. The van der Waals surface area contributed by atoms with Gasteiger partial charge in [-0.1, -0.05) is 12.1 Å². The number of nitrogens with one attached hydrogen (secondary N) is 1. The second-order valence-electron chi connectivity index (χ2n) is 5.43. The molecule has 0 atom stereocenters. The van der Waals surface area contributed by atoms with Gasteiger partial charge in [0.1, 0.15) is 5.56 Å². The molecule has 3 aromatic rings. The number of carbonyl (C=O) groups excluding carboxylic acids is 2. The number of Topliss-reactive ketones (excluding diaryl/α,β-unsaturated/α-hetero) is 1. The number of fused-ring (bicyclic) bond motifs is 1. The van der Waals surface area contributed by atoms with Crippen LogP contribution in [0.25, 0.3) is 4.96 Å². The smallest absolute Gasteiger partial charge is 0.271 e. The third kappa shape index (κ3) is 2.74. The number of hydrogen-bond acceptors (Lipinski definition) is 5.